The van der Waals surface area contributed by atoms with Gasteiger partial charge in [-0.15, -0.1) is 0 Å². The highest BCUT2D eigenvalue weighted by Gasteiger charge is 2.60. The summed E-state index contributed by atoms with van der Waals surface area (Å²) < 4.78 is 5.12. The molecule has 138 valence electrons. The normalized spacial score (nSPS) is 46.0. The van der Waals surface area contributed by atoms with Crippen LogP contribution in [0, 0.1) is 34.5 Å². The molecule has 2 saturated carbocycles. The molecule has 3 aliphatic carbocycles. The fraction of sp³-hybridized carbons (Fsp3) is 0.810. The quantitative estimate of drug-likeness (QED) is 0.680. The molecule has 4 nitrogen and oxygen atoms in total. The van der Waals surface area contributed by atoms with Crippen molar-refractivity contribution >= 4 is 11.9 Å². The van der Waals surface area contributed by atoms with Crippen molar-refractivity contribution in [3.8, 4) is 0 Å². The predicted molar refractivity (Wildman–Crippen MR) is 95.4 cm³/mol. The highest BCUT2D eigenvalue weighted by molar-refractivity contribution is 5.79. The van der Waals surface area contributed by atoms with E-state index in [4.69, 9.17) is 4.74 Å². The van der Waals surface area contributed by atoms with Gasteiger partial charge in [0.1, 0.15) is 0 Å². The zero-order chi connectivity index (χ0) is 18.0. The number of hydrogen-bond acceptors (Lipinski definition) is 3. The molecule has 1 aliphatic heterocycles. The second-order valence-electron chi connectivity index (χ2n) is 9.27. The predicted octanol–water partition coefficient (Wildman–Crippen LogP) is 3.76. The summed E-state index contributed by atoms with van der Waals surface area (Å²) >= 11 is 0. The van der Waals surface area contributed by atoms with Crippen molar-refractivity contribution in [2.75, 3.05) is 14.2 Å². The minimum atomic E-state index is -0.00954. The fourth-order valence-corrected chi connectivity index (χ4v) is 7.11. The second kappa shape index (κ2) is 5.59. The smallest absolute Gasteiger partial charge is 0.309 e. The Morgan fingerprint density at radius 2 is 1.96 bits per heavy atom. The minimum absolute atomic E-state index is 0.00954. The summed E-state index contributed by atoms with van der Waals surface area (Å²) in [5.74, 6) is 2.20. The van der Waals surface area contributed by atoms with Gasteiger partial charge in [0.05, 0.1) is 13.0 Å². The van der Waals surface area contributed by atoms with E-state index in [1.807, 2.05) is 11.9 Å². The number of fused-ring (bicyclic) bond motifs is 5. The molecule has 6 atom stereocenters. The van der Waals surface area contributed by atoms with Crippen molar-refractivity contribution < 1.29 is 14.3 Å². The Labute approximate surface area is 151 Å². The van der Waals surface area contributed by atoms with E-state index in [1.165, 1.54) is 19.2 Å². The summed E-state index contributed by atoms with van der Waals surface area (Å²) in [6.07, 6.45) is 9.44. The number of hydrogen-bond donors (Lipinski definition) is 0. The summed E-state index contributed by atoms with van der Waals surface area (Å²) in [5.41, 5.74) is 1.47. The fourth-order valence-electron chi connectivity index (χ4n) is 7.11. The topological polar surface area (TPSA) is 46.6 Å². The highest BCUT2D eigenvalue weighted by Crippen LogP contribution is 2.65. The third kappa shape index (κ3) is 2.18. The van der Waals surface area contributed by atoms with Crippen LogP contribution >= 0.6 is 0 Å². The number of carbonyl (C=O) groups is 2. The minimum Gasteiger partial charge on any atom is -0.469 e. The number of esters is 1. The molecule has 3 fully saturated rings. The second-order valence-corrected chi connectivity index (χ2v) is 9.27. The molecular weight excluding hydrogens is 314 g/mol. The van der Waals surface area contributed by atoms with E-state index in [1.54, 1.807) is 0 Å². The Kier molecular flexibility index (Phi) is 3.82. The zero-order valence-electron chi connectivity index (χ0n) is 16.0. The van der Waals surface area contributed by atoms with Gasteiger partial charge in [-0.25, -0.2) is 0 Å². The lowest BCUT2D eigenvalue weighted by Crippen LogP contribution is -2.54. The molecule has 0 radical (unpaired) electrons. The summed E-state index contributed by atoms with van der Waals surface area (Å²) in [6.45, 7) is 4.72. The molecular formula is C21H31NO3. The molecule has 25 heavy (non-hydrogen) atoms. The first-order valence-corrected chi connectivity index (χ1v) is 9.88. The van der Waals surface area contributed by atoms with Crippen molar-refractivity contribution in [1.29, 1.82) is 0 Å². The first-order valence-electron chi connectivity index (χ1n) is 9.88. The van der Waals surface area contributed by atoms with Gasteiger partial charge in [0.2, 0.25) is 5.91 Å². The van der Waals surface area contributed by atoms with Crippen LogP contribution in [-0.2, 0) is 14.3 Å². The molecule has 0 aromatic heterocycles. The standard InChI is InChI=1S/C21H31NO3/c1-20-11-9-15-13(14(20)6-7-16(20)19(24)25-4)5-8-17-21(15,2)12-10-18(23)22(17)3/h8,13-16H,5-7,9-12H2,1-4H3/t13-,14-,15+,16?,20-,21+/m0/s1. The highest BCUT2D eigenvalue weighted by atomic mass is 16.5. The number of piperidine rings is 1. The molecule has 0 bridgehead atoms. The zero-order valence-corrected chi connectivity index (χ0v) is 16.0. The first-order chi connectivity index (χ1) is 11.8. The Bertz CT molecular complexity index is 641. The number of ether oxygens (including phenoxy) is 1. The van der Waals surface area contributed by atoms with E-state index in [2.05, 4.69) is 19.9 Å². The van der Waals surface area contributed by atoms with Gasteiger partial charge in [0, 0.05) is 24.6 Å². The van der Waals surface area contributed by atoms with Gasteiger partial charge in [0.25, 0.3) is 0 Å². The SMILES string of the molecule is COC(=O)C1CC[C@H]2[C@@H]3CC=C4N(C)C(=O)CC[C@]4(C)[C@@H]3CC[C@]12C. The maximum Gasteiger partial charge on any atom is 0.309 e. The lowest BCUT2D eigenvalue weighted by molar-refractivity contribution is -0.153. The van der Waals surface area contributed by atoms with E-state index >= 15 is 0 Å². The molecule has 0 N–H and O–H groups in total. The number of carbonyl (C=O) groups excluding carboxylic acids is 2. The van der Waals surface area contributed by atoms with E-state index in [9.17, 15) is 9.59 Å². The van der Waals surface area contributed by atoms with E-state index in [-0.39, 0.29) is 28.6 Å². The van der Waals surface area contributed by atoms with Gasteiger partial charge >= 0.3 is 5.97 Å². The molecule has 0 spiro atoms. The molecule has 0 aromatic carbocycles. The molecule has 1 saturated heterocycles. The number of nitrogens with zero attached hydrogens (tertiary/aromatic N) is 1. The number of amides is 1. The van der Waals surface area contributed by atoms with Crippen molar-refractivity contribution in [2.45, 2.75) is 58.8 Å². The van der Waals surface area contributed by atoms with Crippen LogP contribution in [0.2, 0.25) is 0 Å². The van der Waals surface area contributed by atoms with E-state index in [0.29, 0.717) is 24.2 Å². The maximum absolute atomic E-state index is 12.3. The Balaban J connectivity index is 1.67. The van der Waals surface area contributed by atoms with Crippen LogP contribution in [-0.4, -0.2) is 30.9 Å². The molecule has 1 unspecified atom stereocenters. The van der Waals surface area contributed by atoms with Crippen molar-refractivity contribution in [3.05, 3.63) is 11.8 Å². The van der Waals surface area contributed by atoms with Gasteiger partial charge in [0.15, 0.2) is 0 Å². The van der Waals surface area contributed by atoms with Crippen LogP contribution in [0.1, 0.15) is 58.8 Å². The monoisotopic (exact) mass is 345 g/mol. The first kappa shape index (κ1) is 17.1. The summed E-state index contributed by atoms with van der Waals surface area (Å²) in [5, 5.41) is 0. The van der Waals surface area contributed by atoms with Crippen LogP contribution in [0.4, 0.5) is 0 Å². The number of likely N-dealkylation sites (tertiary alicyclic amines) is 1. The molecule has 4 aliphatic rings. The van der Waals surface area contributed by atoms with Crippen LogP contribution in [0.5, 0.6) is 0 Å². The third-order valence-electron chi connectivity index (χ3n) is 8.50. The average Bonchev–Trinajstić information content (AvgIpc) is 2.95. The number of methoxy groups -OCH3 is 1. The van der Waals surface area contributed by atoms with Crippen LogP contribution < -0.4 is 0 Å². The number of allylic oxidation sites excluding steroid dienone is 2. The van der Waals surface area contributed by atoms with Gasteiger partial charge in [-0.2, -0.15) is 0 Å². The molecule has 0 aromatic rings. The van der Waals surface area contributed by atoms with Gasteiger partial charge in [-0.3, -0.25) is 9.59 Å². The van der Waals surface area contributed by atoms with Gasteiger partial charge in [-0.1, -0.05) is 19.9 Å². The number of rotatable bonds is 1. The van der Waals surface area contributed by atoms with Gasteiger partial charge in [-0.05, 0) is 61.7 Å². The summed E-state index contributed by atoms with van der Waals surface area (Å²) in [7, 11) is 3.47. The molecule has 1 amide bonds. The largest absolute Gasteiger partial charge is 0.469 e. The van der Waals surface area contributed by atoms with Crippen molar-refractivity contribution in [2.24, 2.45) is 34.5 Å². The Morgan fingerprint density at radius 3 is 2.68 bits per heavy atom. The molecule has 1 heterocycles. The summed E-state index contributed by atoms with van der Waals surface area (Å²) in [6, 6.07) is 0. The Hall–Kier alpha value is -1.32. The third-order valence-corrected chi connectivity index (χ3v) is 8.50. The van der Waals surface area contributed by atoms with Crippen molar-refractivity contribution in [3.63, 3.8) is 0 Å². The van der Waals surface area contributed by atoms with Crippen LogP contribution in [0.25, 0.3) is 0 Å². The van der Waals surface area contributed by atoms with Gasteiger partial charge < -0.3 is 9.64 Å². The molecule has 4 heteroatoms. The van der Waals surface area contributed by atoms with Crippen LogP contribution in [0.15, 0.2) is 11.8 Å². The van der Waals surface area contributed by atoms with Crippen molar-refractivity contribution in [1.82, 2.24) is 4.90 Å². The lowest BCUT2D eigenvalue weighted by Gasteiger charge is -2.58. The summed E-state index contributed by atoms with van der Waals surface area (Å²) in [4.78, 5) is 26.4. The Morgan fingerprint density at radius 1 is 1.20 bits per heavy atom. The van der Waals surface area contributed by atoms with Crippen LogP contribution in [0.3, 0.4) is 0 Å². The van der Waals surface area contributed by atoms with E-state index < -0.39 is 0 Å². The molecule has 4 rings (SSSR count). The average molecular weight is 345 g/mol. The van der Waals surface area contributed by atoms with E-state index in [0.717, 1.165) is 32.1 Å². The maximum atomic E-state index is 12.3. The lowest BCUT2D eigenvalue weighted by atomic mass is 9.49.